The normalized spacial score (nSPS) is 23.9. The highest BCUT2D eigenvalue weighted by Crippen LogP contribution is 2.24. The first-order chi connectivity index (χ1) is 7.34. The highest BCUT2D eigenvalue weighted by molar-refractivity contribution is 7.99. The summed E-state index contributed by atoms with van der Waals surface area (Å²) >= 11 is 1.86. The third-order valence-corrected chi connectivity index (χ3v) is 4.46. The van der Waals surface area contributed by atoms with E-state index in [4.69, 9.17) is 0 Å². The van der Waals surface area contributed by atoms with Crippen LogP contribution in [0.15, 0.2) is 0 Å². The van der Waals surface area contributed by atoms with Crippen molar-refractivity contribution in [3.05, 3.63) is 0 Å². The Labute approximate surface area is 103 Å². The van der Waals surface area contributed by atoms with E-state index in [-0.39, 0.29) is 23.4 Å². The van der Waals surface area contributed by atoms with E-state index in [1.807, 2.05) is 23.7 Å². The molecule has 0 aromatic carbocycles. The fraction of sp³-hybridized carbons (Fsp3) is 0.917. The number of carbonyl (C=O) groups is 1. The number of hydrogen-bond acceptors (Lipinski definition) is 3. The van der Waals surface area contributed by atoms with E-state index in [0.29, 0.717) is 0 Å². The minimum Gasteiger partial charge on any atom is -0.341 e. The van der Waals surface area contributed by atoms with E-state index >= 15 is 0 Å². The first kappa shape index (κ1) is 13.8. The molecule has 0 radical (unpaired) electrons. The molecule has 1 aliphatic heterocycles. The quantitative estimate of drug-likeness (QED) is 0.800. The molecule has 0 aromatic rings. The zero-order valence-electron chi connectivity index (χ0n) is 11.0. The van der Waals surface area contributed by atoms with Crippen molar-refractivity contribution in [3.63, 3.8) is 0 Å². The van der Waals surface area contributed by atoms with Crippen molar-refractivity contribution in [2.75, 3.05) is 25.1 Å². The third-order valence-electron chi connectivity index (χ3n) is 3.40. The van der Waals surface area contributed by atoms with Crippen LogP contribution < -0.4 is 5.32 Å². The lowest BCUT2D eigenvalue weighted by Crippen LogP contribution is -2.53. The Morgan fingerprint density at radius 2 is 2.12 bits per heavy atom. The molecule has 1 N–H and O–H groups in total. The largest absolute Gasteiger partial charge is 0.341 e. The number of amides is 1. The van der Waals surface area contributed by atoms with Gasteiger partial charge < -0.3 is 10.2 Å². The van der Waals surface area contributed by atoms with Crippen LogP contribution in [0, 0.1) is 5.41 Å². The SMILES string of the molecule is CC(N(C)C(=O)C1CSCCN1)C(C)(C)C. The van der Waals surface area contributed by atoms with Crippen molar-refractivity contribution in [2.24, 2.45) is 5.41 Å². The third kappa shape index (κ3) is 3.39. The van der Waals surface area contributed by atoms with Gasteiger partial charge >= 0.3 is 0 Å². The smallest absolute Gasteiger partial charge is 0.240 e. The van der Waals surface area contributed by atoms with Crippen LogP contribution in [-0.4, -0.2) is 48.0 Å². The highest BCUT2D eigenvalue weighted by Gasteiger charge is 2.31. The van der Waals surface area contributed by atoms with Gasteiger partial charge in [-0.15, -0.1) is 0 Å². The Morgan fingerprint density at radius 1 is 1.50 bits per heavy atom. The number of hydrogen-bond donors (Lipinski definition) is 1. The van der Waals surface area contributed by atoms with E-state index in [1.54, 1.807) is 0 Å². The molecule has 1 fully saturated rings. The zero-order chi connectivity index (χ0) is 12.3. The van der Waals surface area contributed by atoms with Gasteiger partial charge in [0.25, 0.3) is 0 Å². The second-order valence-corrected chi connectivity index (χ2v) is 6.72. The van der Waals surface area contributed by atoms with Gasteiger partial charge in [-0.05, 0) is 12.3 Å². The first-order valence-electron chi connectivity index (χ1n) is 5.92. The van der Waals surface area contributed by atoms with E-state index in [2.05, 4.69) is 33.0 Å². The minimum atomic E-state index is 0.00792. The summed E-state index contributed by atoms with van der Waals surface area (Å²) < 4.78 is 0. The maximum atomic E-state index is 12.2. The van der Waals surface area contributed by atoms with E-state index < -0.39 is 0 Å². The minimum absolute atomic E-state index is 0.00792. The summed E-state index contributed by atoms with van der Waals surface area (Å²) in [5.74, 6) is 2.25. The molecule has 1 rings (SSSR count). The monoisotopic (exact) mass is 244 g/mol. The Kier molecular flexibility index (Phi) is 4.68. The fourth-order valence-electron chi connectivity index (χ4n) is 1.74. The van der Waals surface area contributed by atoms with Gasteiger partial charge in [-0.25, -0.2) is 0 Å². The average molecular weight is 244 g/mol. The molecule has 0 saturated carbocycles. The molecule has 4 heteroatoms. The molecule has 3 nitrogen and oxygen atoms in total. The van der Waals surface area contributed by atoms with Gasteiger partial charge in [0.2, 0.25) is 5.91 Å². The summed E-state index contributed by atoms with van der Waals surface area (Å²) in [6.07, 6.45) is 0. The number of carbonyl (C=O) groups excluding carboxylic acids is 1. The average Bonchev–Trinajstić information content (AvgIpc) is 2.26. The van der Waals surface area contributed by atoms with Gasteiger partial charge in [-0.1, -0.05) is 20.8 Å². The van der Waals surface area contributed by atoms with Crippen LogP contribution in [0.5, 0.6) is 0 Å². The summed E-state index contributed by atoms with van der Waals surface area (Å²) in [6, 6.07) is 0.266. The number of nitrogens with one attached hydrogen (secondary N) is 1. The second-order valence-electron chi connectivity index (χ2n) is 5.57. The summed E-state index contributed by atoms with van der Waals surface area (Å²) in [7, 11) is 1.92. The van der Waals surface area contributed by atoms with Crippen LogP contribution in [0.4, 0.5) is 0 Å². The standard InChI is InChI=1S/C12H24N2OS/c1-9(12(2,3)4)14(5)11(15)10-8-16-7-6-13-10/h9-10,13H,6-8H2,1-5H3. The van der Waals surface area contributed by atoms with Crippen LogP contribution in [0.3, 0.4) is 0 Å². The Bertz CT molecular complexity index is 244. The Balaban J connectivity index is 2.58. The molecule has 0 spiro atoms. The van der Waals surface area contributed by atoms with Gasteiger partial charge in [0.1, 0.15) is 0 Å². The molecule has 94 valence electrons. The Hall–Kier alpha value is -0.220. The van der Waals surface area contributed by atoms with Crippen molar-refractivity contribution < 1.29 is 4.79 Å². The van der Waals surface area contributed by atoms with Crippen LogP contribution in [0.25, 0.3) is 0 Å². The van der Waals surface area contributed by atoms with Gasteiger partial charge in [0.15, 0.2) is 0 Å². The van der Waals surface area contributed by atoms with Crippen LogP contribution >= 0.6 is 11.8 Å². The molecule has 0 bridgehead atoms. The van der Waals surface area contributed by atoms with Crippen molar-refractivity contribution in [1.82, 2.24) is 10.2 Å². The zero-order valence-corrected chi connectivity index (χ0v) is 11.9. The number of likely N-dealkylation sites (N-methyl/N-ethyl adjacent to an activating group) is 1. The highest BCUT2D eigenvalue weighted by atomic mass is 32.2. The van der Waals surface area contributed by atoms with E-state index in [1.165, 1.54) is 0 Å². The molecule has 16 heavy (non-hydrogen) atoms. The molecule has 1 saturated heterocycles. The molecule has 0 aliphatic carbocycles. The summed E-state index contributed by atoms with van der Waals surface area (Å²) in [5.41, 5.74) is 0.131. The van der Waals surface area contributed by atoms with Crippen molar-refractivity contribution in [3.8, 4) is 0 Å². The number of thioether (sulfide) groups is 1. The summed E-state index contributed by atoms with van der Waals surface area (Å²) in [4.78, 5) is 14.1. The van der Waals surface area contributed by atoms with E-state index in [9.17, 15) is 4.79 Å². The molecule has 2 atom stereocenters. The second kappa shape index (κ2) is 5.41. The van der Waals surface area contributed by atoms with E-state index in [0.717, 1.165) is 18.1 Å². The molecule has 1 amide bonds. The maximum Gasteiger partial charge on any atom is 0.240 e. The van der Waals surface area contributed by atoms with Crippen LogP contribution in [-0.2, 0) is 4.79 Å². The summed E-state index contributed by atoms with van der Waals surface area (Å²) in [6.45, 7) is 9.58. The van der Waals surface area contributed by atoms with Crippen molar-refractivity contribution in [1.29, 1.82) is 0 Å². The van der Waals surface area contributed by atoms with Gasteiger partial charge in [0, 0.05) is 31.1 Å². The van der Waals surface area contributed by atoms with Gasteiger partial charge in [-0.3, -0.25) is 4.79 Å². The van der Waals surface area contributed by atoms with Crippen molar-refractivity contribution >= 4 is 17.7 Å². The van der Waals surface area contributed by atoms with Crippen molar-refractivity contribution in [2.45, 2.75) is 39.8 Å². The molecule has 0 aromatic heterocycles. The van der Waals surface area contributed by atoms with Gasteiger partial charge in [0.05, 0.1) is 6.04 Å². The van der Waals surface area contributed by atoms with Crippen LogP contribution in [0.2, 0.25) is 0 Å². The number of rotatable bonds is 2. The molecule has 2 unspecified atom stereocenters. The fourth-order valence-corrected chi connectivity index (χ4v) is 2.67. The first-order valence-corrected chi connectivity index (χ1v) is 7.07. The maximum absolute atomic E-state index is 12.2. The molecule has 1 heterocycles. The predicted octanol–water partition coefficient (Wildman–Crippen LogP) is 1.58. The molecule has 1 aliphatic rings. The predicted molar refractivity (Wildman–Crippen MR) is 70.8 cm³/mol. The lowest BCUT2D eigenvalue weighted by atomic mass is 9.87. The lowest BCUT2D eigenvalue weighted by molar-refractivity contribution is -0.135. The number of nitrogens with zero attached hydrogens (tertiary/aromatic N) is 1. The Morgan fingerprint density at radius 3 is 2.56 bits per heavy atom. The van der Waals surface area contributed by atoms with Gasteiger partial charge in [-0.2, -0.15) is 11.8 Å². The lowest BCUT2D eigenvalue weighted by Gasteiger charge is -2.38. The van der Waals surface area contributed by atoms with Crippen LogP contribution in [0.1, 0.15) is 27.7 Å². The molecular weight excluding hydrogens is 220 g/mol. The molecular formula is C12H24N2OS. The topological polar surface area (TPSA) is 32.3 Å². The summed E-state index contributed by atoms with van der Waals surface area (Å²) in [5, 5.41) is 3.29.